The Bertz CT molecular complexity index is 1040. The largest absolute Gasteiger partial charge is 0.416 e. The number of rotatable bonds is 7. The molecule has 0 radical (unpaired) electrons. The van der Waals surface area contributed by atoms with Crippen molar-refractivity contribution in [2.24, 2.45) is 0 Å². The van der Waals surface area contributed by atoms with E-state index in [0.717, 1.165) is 41.2 Å². The highest BCUT2D eigenvalue weighted by Gasteiger charge is 2.31. The summed E-state index contributed by atoms with van der Waals surface area (Å²) in [7, 11) is 0. The van der Waals surface area contributed by atoms with E-state index in [1.807, 2.05) is 31.2 Å². The fourth-order valence-corrected chi connectivity index (χ4v) is 3.26. The summed E-state index contributed by atoms with van der Waals surface area (Å²) in [6.45, 7) is 2.41. The summed E-state index contributed by atoms with van der Waals surface area (Å²) in [6, 6.07) is 10.6. The highest BCUT2D eigenvalue weighted by molar-refractivity contribution is 7.99. The van der Waals surface area contributed by atoms with Crippen LogP contribution in [-0.2, 0) is 17.5 Å². The molecule has 2 aromatic carbocycles. The Hall–Kier alpha value is -2.72. The topological polar surface area (TPSA) is 82.7 Å². The summed E-state index contributed by atoms with van der Waals surface area (Å²) in [5.41, 5.74) is 1.07. The number of anilines is 2. The lowest BCUT2D eigenvalue weighted by Crippen LogP contribution is -2.15. The number of thioether (sulfide) groups is 1. The molecule has 30 heavy (non-hydrogen) atoms. The van der Waals surface area contributed by atoms with E-state index in [9.17, 15) is 18.0 Å². The van der Waals surface area contributed by atoms with Crippen LogP contribution in [-0.4, -0.2) is 26.8 Å². The van der Waals surface area contributed by atoms with Crippen molar-refractivity contribution < 1.29 is 18.0 Å². The number of hydrogen-bond acceptors (Lipinski definition) is 5. The number of aromatic amines is 1. The number of aryl methyl sites for hydroxylation is 1. The zero-order valence-corrected chi connectivity index (χ0v) is 17.3. The van der Waals surface area contributed by atoms with Gasteiger partial charge in [0.15, 0.2) is 0 Å². The van der Waals surface area contributed by atoms with Crippen molar-refractivity contribution in [1.29, 1.82) is 0 Å². The summed E-state index contributed by atoms with van der Waals surface area (Å²) < 4.78 is 38.4. The van der Waals surface area contributed by atoms with Crippen molar-refractivity contribution in [3.8, 4) is 0 Å². The lowest BCUT2D eigenvalue weighted by atomic mass is 10.2. The fraction of sp³-hybridized carbons (Fsp3) is 0.211. The van der Waals surface area contributed by atoms with Gasteiger partial charge in [-0.25, -0.2) is 4.98 Å². The highest BCUT2D eigenvalue weighted by atomic mass is 35.5. The molecule has 0 aliphatic carbocycles. The van der Waals surface area contributed by atoms with Crippen molar-refractivity contribution in [3.05, 3.63) is 64.4 Å². The van der Waals surface area contributed by atoms with Crippen LogP contribution in [0.2, 0.25) is 5.02 Å². The fourth-order valence-electron chi connectivity index (χ4n) is 2.48. The molecule has 3 N–H and O–H groups in total. The monoisotopic (exact) mass is 455 g/mol. The molecule has 0 bridgehead atoms. The molecule has 0 saturated heterocycles. The third kappa shape index (κ3) is 6.14. The number of nitrogens with zero attached hydrogens (tertiary/aromatic N) is 2. The highest BCUT2D eigenvalue weighted by Crippen LogP contribution is 2.33. The van der Waals surface area contributed by atoms with Gasteiger partial charge in [0.2, 0.25) is 11.1 Å². The second-order valence-corrected chi connectivity index (χ2v) is 7.67. The van der Waals surface area contributed by atoms with E-state index in [-0.39, 0.29) is 16.5 Å². The van der Waals surface area contributed by atoms with Gasteiger partial charge in [-0.3, -0.25) is 9.89 Å². The summed E-state index contributed by atoms with van der Waals surface area (Å²) in [5, 5.41) is 12.8. The van der Waals surface area contributed by atoms with E-state index in [1.165, 1.54) is 0 Å². The number of alkyl halides is 3. The molecule has 0 aliphatic heterocycles. The summed E-state index contributed by atoms with van der Waals surface area (Å²) in [5.74, 6) is -0.0272. The molecule has 3 rings (SSSR count). The second kappa shape index (κ2) is 9.40. The lowest BCUT2D eigenvalue weighted by molar-refractivity contribution is -0.137. The first-order valence-electron chi connectivity index (χ1n) is 8.72. The van der Waals surface area contributed by atoms with Crippen LogP contribution in [0.15, 0.2) is 47.6 Å². The summed E-state index contributed by atoms with van der Waals surface area (Å²) >= 11 is 6.93. The van der Waals surface area contributed by atoms with Crippen LogP contribution in [0.1, 0.15) is 17.0 Å². The van der Waals surface area contributed by atoms with Crippen molar-refractivity contribution in [2.45, 2.75) is 24.8 Å². The van der Waals surface area contributed by atoms with E-state index < -0.39 is 17.6 Å². The minimum Gasteiger partial charge on any atom is -0.378 e. The molecule has 0 unspecified atom stereocenters. The van der Waals surface area contributed by atoms with Crippen LogP contribution < -0.4 is 10.6 Å². The average molecular weight is 456 g/mol. The van der Waals surface area contributed by atoms with Gasteiger partial charge >= 0.3 is 6.18 Å². The number of halogens is 4. The zero-order valence-electron chi connectivity index (χ0n) is 15.7. The number of aromatic nitrogens is 3. The van der Waals surface area contributed by atoms with E-state index in [2.05, 4.69) is 25.8 Å². The summed E-state index contributed by atoms with van der Waals surface area (Å²) in [4.78, 5) is 16.4. The van der Waals surface area contributed by atoms with E-state index >= 15 is 0 Å². The minimum atomic E-state index is -4.53. The molecule has 0 atom stereocenters. The van der Waals surface area contributed by atoms with E-state index in [1.54, 1.807) is 0 Å². The third-order valence-corrected chi connectivity index (χ3v) is 5.07. The Balaban J connectivity index is 1.52. The molecule has 3 aromatic rings. The smallest absolute Gasteiger partial charge is 0.378 e. The molecular formula is C19H17ClF3N5OS. The van der Waals surface area contributed by atoms with Crippen LogP contribution in [0.5, 0.6) is 0 Å². The second-order valence-electron chi connectivity index (χ2n) is 6.32. The van der Waals surface area contributed by atoms with Crippen molar-refractivity contribution in [2.75, 3.05) is 16.4 Å². The van der Waals surface area contributed by atoms with Crippen LogP contribution in [0.25, 0.3) is 0 Å². The molecule has 1 amide bonds. The van der Waals surface area contributed by atoms with Crippen molar-refractivity contribution >= 4 is 40.6 Å². The number of nitrogens with one attached hydrogen (secondary N) is 3. The summed E-state index contributed by atoms with van der Waals surface area (Å²) in [6.07, 6.45) is -4.53. The molecule has 1 heterocycles. The lowest BCUT2D eigenvalue weighted by Gasteiger charge is -2.11. The Kier molecular flexibility index (Phi) is 6.88. The maximum Gasteiger partial charge on any atom is 0.416 e. The number of benzene rings is 2. The Morgan fingerprint density at radius 3 is 2.77 bits per heavy atom. The third-order valence-electron chi connectivity index (χ3n) is 3.89. The van der Waals surface area contributed by atoms with Crippen molar-refractivity contribution in [1.82, 2.24) is 15.2 Å². The van der Waals surface area contributed by atoms with E-state index in [0.29, 0.717) is 17.5 Å². The number of hydrogen-bond donors (Lipinski definition) is 3. The molecule has 11 heteroatoms. The van der Waals surface area contributed by atoms with Gasteiger partial charge < -0.3 is 10.6 Å². The molecule has 6 nitrogen and oxygen atoms in total. The van der Waals surface area contributed by atoms with Gasteiger partial charge in [0.1, 0.15) is 5.82 Å². The van der Waals surface area contributed by atoms with Gasteiger partial charge in [-0.2, -0.15) is 13.2 Å². The quantitative estimate of drug-likeness (QED) is 0.430. The molecule has 0 saturated carbocycles. The first-order chi connectivity index (χ1) is 14.2. The average Bonchev–Trinajstić information content (AvgIpc) is 3.14. The molecule has 0 fully saturated rings. The number of H-pyrrole nitrogens is 1. The standard InChI is InChI=1S/C19H17ClF3N5OS/c1-11-3-2-4-13(7-11)24-9-16-26-18(28-27-16)30-10-17(29)25-15-8-12(19(21,22)23)5-6-14(15)20/h2-8,24H,9-10H2,1H3,(H,25,29)(H,26,27,28). The van der Waals surface area contributed by atoms with Gasteiger partial charge in [-0.05, 0) is 42.8 Å². The Labute approximate surface area is 179 Å². The minimum absolute atomic E-state index is 0.0174. The SMILES string of the molecule is Cc1cccc(NCc2nc(SCC(=O)Nc3cc(C(F)(F)F)ccc3Cl)n[nH]2)c1. The molecular weight excluding hydrogens is 439 g/mol. The first-order valence-corrected chi connectivity index (χ1v) is 10.1. The van der Waals surface area contributed by atoms with Crippen molar-refractivity contribution in [3.63, 3.8) is 0 Å². The van der Waals surface area contributed by atoms with Gasteiger partial charge in [0, 0.05) is 5.69 Å². The van der Waals surface area contributed by atoms with Crippen LogP contribution in [0, 0.1) is 6.92 Å². The van der Waals surface area contributed by atoms with Gasteiger partial charge in [-0.1, -0.05) is 35.5 Å². The normalized spacial score (nSPS) is 11.4. The number of amides is 1. The molecule has 1 aromatic heterocycles. The maximum absolute atomic E-state index is 12.8. The number of carbonyl (C=O) groups is 1. The molecule has 0 aliphatic rings. The maximum atomic E-state index is 12.8. The van der Waals surface area contributed by atoms with Gasteiger partial charge in [-0.15, -0.1) is 5.10 Å². The van der Waals surface area contributed by atoms with Crippen LogP contribution in [0.3, 0.4) is 0 Å². The zero-order chi connectivity index (χ0) is 21.7. The Morgan fingerprint density at radius 1 is 1.23 bits per heavy atom. The first kappa shape index (κ1) is 22.0. The predicted molar refractivity (Wildman–Crippen MR) is 111 cm³/mol. The molecule has 158 valence electrons. The van der Waals surface area contributed by atoms with Gasteiger partial charge in [0.25, 0.3) is 0 Å². The Morgan fingerprint density at radius 2 is 2.03 bits per heavy atom. The van der Waals surface area contributed by atoms with Crippen LogP contribution >= 0.6 is 23.4 Å². The predicted octanol–water partition coefficient (Wildman–Crippen LogP) is 5.13. The molecule has 0 spiro atoms. The number of carbonyl (C=O) groups excluding carboxylic acids is 1. The van der Waals surface area contributed by atoms with Crippen LogP contribution in [0.4, 0.5) is 24.5 Å². The van der Waals surface area contributed by atoms with Gasteiger partial charge in [0.05, 0.1) is 28.6 Å². The van der Waals surface area contributed by atoms with E-state index in [4.69, 9.17) is 11.6 Å².